The fourth-order valence-electron chi connectivity index (χ4n) is 2.94. The van der Waals surface area contributed by atoms with Gasteiger partial charge in [0.1, 0.15) is 0 Å². The van der Waals surface area contributed by atoms with Crippen molar-refractivity contribution in [2.75, 3.05) is 26.2 Å². The van der Waals surface area contributed by atoms with E-state index in [0.717, 1.165) is 10.5 Å². The van der Waals surface area contributed by atoms with Gasteiger partial charge in [-0.3, -0.25) is 14.5 Å². The number of sulfonamides is 1. The summed E-state index contributed by atoms with van der Waals surface area (Å²) in [5.41, 5.74) is 0.830. The van der Waals surface area contributed by atoms with Gasteiger partial charge in [-0.15, -0.1) is 0 Å². The van der Waals surface area contributed by atoms with Gasteiger partial charge in [0.2, 0.25) is 21.8 Å². The van der Waals surface area contributed by atoms with Gasteiger partial charge < -0.3 is 10.2 Å². The molecule has 2 heterocycles. The molecule has 140 valence electrons. The van der Waals surface area contributed by atoms with E-state index >= 15 is 0 Å². The van der Waals surface area contributed by atoms with Crippen molar-refractivity contribution in [1.82, 2.24) is 19.8 Å². The highest BCUT2D eigenvalue weighted by Crippen LogP contribution is 2.18. The molecule has 1 aromatic carbocycles. The molecule has 10 heteroatoms. The molecule has 0 radical (unpaired) electrons. The Morgan fingerprint density at radius 2 is 2.04 bits per heavy atom. The Bertz CT molecular complexity index is 832. The summed E-state index contributed by atoms with van der Waals surface area (Å²) in [5.74, 6) is -0.516. The Kier molecular flexibility index (Phi) is 4.97. The van der Waals surface area contributed by atoms with Crippen molar-refractivity contribution in [3.8, 4) is 0 Å². The van der Waals surface area contributed by atoms with Gasteiger partial charge in [-0.05, 0) is 24.6 Å². The third kappa shape index (κ3) is 3.70. The fourth-order valence-corrected chi connectivity index (χ4v) is 4.08. The van der Waals surface area contributed by atoms with Crippen LogP contribution in [0.4, 0.5) is 4.79 Å². The molecule has 0 bridgehead atoms. The highest BCUT2D eigenvalue weighted by molar-refractivity contribution is 7.89. The zero-order valence-corrected chi connectivity index (χ0v) is 15.1. The van der Waals surface area contributed by atoms with Gasteiger partial charge in [-0.25, -0.2) is 17.9 Å². The van der Waals surface area contributed by atoms with E-state index < -0.39 is 16.1 Å². The SMILES string of the molecule is Cc1cccc(S(=O)(=O)NCCC(=O)N2CC(N3C(=O)CNC3=O)C2)c1. The number of rotatable bonds is 6. The number of benzene rings is 1. The number of nitrogens with one attached hydrogen (secondary N) is 2. The predicted molar refractivity (Wildman–Crippen MR) is 91.6 cm³/mol. The lowest BCUT2D eigenvalue weighted by Gasteiger charge is -2.42. The number of likely N-dealkylation sites (tertiary alicyclic amines) is 1. The summed E-state index contributed by atoms with van der Waals surface area (Å²) in [6.07, 6.45) is 0.0118. The molecular formula is C16H20N4O5S. The standard InChI is InChI=1S/C16H20N4O5S/c1-11-3-2-4-13(7-11)26(24,25)18-6-5-14(21)19-9-12(10-19)20-15(22)8-17-16(20)23/h2-4,7,12,18H,5-6,8-10H2,1H3,(H,17,23). The molecule has 1 aromatic rings. The van der Waals surface area contributed by atoms with E-state index in [1.807, 2.05) is 0 Å². The van der Waals surface area contributed by atoms with Crippen LogP contribution in [-0.2, 0) is 19.6 Å². The molecule has 9 nitrogen and oxygen atoms in total. The van der Waals surface area contributed by atoms with Crippen LogP contribution in [0.2, 0.25) is 0 Å². The first-order valence-corrected chi connectivity index (χ1v) is 9.70. The molecule has 0 saturated carbocycles. The Labute approximate surface area is 151 Å². The Hall–Kier alpha value is -2.46. The zero-order valence-electron chi connectivity index (χ0n) is 14.3. The van der Waals surface area contributed by atoms with E-state index in [2.05, 4.69) is 10.0 Å². The molecule has 2 aliphatic heterocycles. The Balaban J connectivity index is 1.45. The smallest absolute Gasteiger partial charge is 0.324 e. The molecule has 0 unspecified atom stereocenters. The van der Waals surface area contributed by atoms with E-state index in [1.165, 1.54) is 11.0 Å². The van der Waals surface area contributed by atoms with Crippen LogP contribution in [0.3, 0.4) is 0 Å². The summed E-state index contributed by atoms with van der Waals surface area (Å²) >= 11 is 0. The number of aryl methyl sites for hydroxylation is 1. The van der Waals surface area contributed by atoms with Crippen molar-refractivity contribution in [2.45, 2.75) is 24.3 Å². The van der Waals surface area contributed by atoms with Gasteiger partial charge in [0.05, 0.1) is 17.5 Å². The van der Waals surface area contributed by atoms with E-state index in [4.69, 9.17) is 0 Å². The molecule has 0 aromatic heterocycles. The van der Waals surface area contributed by atoms with E-state index in [1.54, 1.807) is 25.1 Å². The maximum Gasteiger partial charge on any atom is 0.324 e. The molecule has 2 fully saturated rings. The van der Waals surface area contributed by atoms with Crippen LogP contribution in [0.15, 0.2) is 29.2 Å². The normalized spacial score (nSPS) is 18.0. The number of carbonyl (C=O) groups is 3. The van der Waals surface area contributed by atoms with E-state index in [0.29, 0.717) is 0 Å². The lowest BCUT2D eigenvalue weighted by atomic mass is 10.1. The summed E-state index contributed by atoms with van der Waals surface area (Å²) < 4.78 is 26.8. The second-order valence-corrected chi connectivity index (χ2v) is 8.11. The average Bonchev–Trinajstić information content (AvgIpc) is 2.86. The van der Waals surface area contributed by atoms with Crippen LogP contribution >= 0.6 is 0 Å². The van der Waals surface area contributed by atoms with Crippen LogP contribution in [0.25, 0.3) is 0 Å². The maximum absolute atomic E-state index is 12.2. The molecule has 0 spiro atoms. The van der Waals surface area contributed by atoms with Crippen molar-refractivity contribution >= 4 is 27.9 Å². The summed E-state index contributed by atoms with van der Waals surface area (Å²) in [5, 5.41) is 2.44. The minimum Gasteiger partial charge on any atom is -0.338 e. The minimum atomic E-state index is -3.66. The van der Waals surface area contributed by atoms with Crippen molar-refractivity contribution in [3.63, 3.8) is 0 Å². The molecule has 0 atom stereocenters. The molecule has 2 saturated heterocycles. The first kappa shape index (κ1) is 18.3. The van der Waals surface area contributed by atoms with Crippen LogP contribution in [0.1, 0.15) is 12.0 Å². The molecule has 2 aliphatic rings. The molecule has 4 amide bonds. The number of nitrogens with zero attached hydrogens (tertiary/aromatic N) is 2. The molecule has 26 heavy (non-hydrogen) atoms. The molecular weight excluding hydrogens is 360 g/mol. The van der Waals surface area contributed by atoms with Crippen LogP contribution < -0.4 is 10.0 Å². The molecule has 3 rings (SSSR count). The first-order chi connectivity index (χ1) is 12.3. The largest absolute Gasteiger partial charge is 0.338 e. The quantitative estimate of drug-likeness (QED) is 0.641. The van der Waals surface area contributed by atoms with Gasteiger partial charge in [0.15, 0.2) is 0 Å². The lowest BCUT2D eigenvalue weighted by molar-refractivity contribution is -0.141. The number of carbonyl (C=O) groups excluding carboxylic acids is 3. The molecule has 0 aliphatic carbocycles. The number of hydrogen-bond acceptors (Lipinski definition) is 5. The van der Waals surface area contributed by atoms with Gasteiger partial charge in [-0.1, -0.05) is 12.1 Å². The fraction of sp³-hybridized carbons (Fsp3) is 0.438. The highest BCUT2D eigenvalue weighted by Gasteiger charge is 2.42. The van der Waals surface area contributed by atoms with Crippen molar-refractivity contribution in [1.29, 1.82) is 0 Å². The second-order valence-electron chi connectivity index (χ2n) is 6.34. The van der Waals surface area contributed by atoms with E-state index in [-0.39, 0.29) is 55.4 Å². The molecule has 2 N–H and O–H groups in total. The van der Waals surface area contributed by atoms with Crippen molar-refractivity contribution in [3.05, 3.63) is 29.8 Å². The first-order valence-electron chi connectivity index (χ1n) is 8.22. The van der Waals surface area contributed by atoms with Crippen molar-refractivity contribution < 1.29 is 22.8 Å². The van der Waals surface area contributed by atoms with Crippen LogP contribution in [0, 0.1) is 6.92 Å². The predicted octanol–water partition coefficient (Wildman–Crippen LogP) is -0.574. The van der Waals surface area contributed by atoms with Gasteiger partial charge in [0.25, 0.3) is 0 Å². The van der Waals surface area contributed by atoms with Gasteiger partial charge in [0, 0.05) is 26.1 Å². The van der Waals surface area contributed by atoms with E-state index in [9.17, 15) is 22.8 Å². The summed E-state index contributed by atoms with van der Waals surface area (Å²) in [7, 11) is -3.66. The minimum absolute atomic E-state index is 0.00990. The third-order valence-corrected chi connectivity index (χ3v) is 5.85. The second kappa shape index (κ2) is 7.04. The van der Waals surface area contributed by atoms with Crippen molar-refractivity contribution in [2.24, 2.45) is 0 Å². The topological polar surface area (TPSA) is 116 Å². The number of amides is 4. The third-order valence-electron chi connectivity index (χ3n) is 4.39. The number of hydrogen-bond donors (Lipinski definition) is 2. The summed E-state index contributed by atoms with van der Waals surface area (Å²) in [6, 6.07) is 5.77. The monoisotopic (exact) mass is 380 g/mol. The van der Waals surface area contributed by atoms with Gasteiger partial charge >= 0.3 is 6.03 Å². The Morgan fingerprint density at radius 3 is 2.65 bits per heavy atom. The van der Waals surface area contributed by atoms with Crippen LogP contribution in [-0.4, -0.2) is 68.3 Å². The zero-order chi connectivity index (χ0) is 18.9. The number of urea groups is 1. The average molecular weight is 380 g/mol. The highest BCUT2D eigenvalue weighted by atomic mass is 32.2. The lowest BCUT2D eigenvalue weighted by Crippen LogP contribution is -2.62. The van der Waals surface area contributed by atoms with Crippen LogP contribution in [0.5, 0.6) is 0 Å². The Morgan fingerprint density at radius 1 is 1.31 bits per heavy atom. The maximum atomic E-state index is 12.2. The summed E-state index contributed by atoms with van der Waals surface area (Å²) in [6.45, 7) is 2.34. The summed E-state index contributed by atoms with van der Waals surface area (Å²) in [4.78, 5) is 38.1. The number of imide groups is 1. The van der Waals surface area contributed by atoms with Gasteiger partial charge in [-0.2, -0.15) is 0 Å².